The Labute approximate surface area is 114 Å². The van der Waals surface area contributed by atoms with Crippen molar-refractivity contribution < 1.29 is 4.39 Å². The average molecular weight is 280 g/mol. The SMILES string of the molecule is CN(C)c1nc(NN)nc(Sc2ccccc2F)n1. The Morgan fingerprint density at radius 3 is 2.58 bits per heavy atom. The first kappa shape index (κ1) is 13.5. The van der Waals surface area contributed by atoms with Gasteiger partial charge in [-0.3, -0.25) is 5.43 Å². The average Bonchev–Trinajstić information content (AvgIpc) is 2.41. The fraction of sp³-hybridized carbons (Fsp3) is 0.182. The maximum atomic E-state index is 13.6. The third-order valence-corrected chi connectivity index (χ3v) is 3.09. The van der Waals surface area contributed by atoms with Gasteiger partial charge in [0.05, 0.1) is 4.90 Å². The van der Waals surface area contributed by atoms with Crippen LogP contribution in [0.4, 0.5) is 16.3 Å². The summed E-state index contributed by atoms with van der Waals surface area (Å²) in [6.07, 6.45) is 0. The highest BCUT2D eigenvalue weighted by Gasteiger charge is 2.10. The number of nitrogens with zero attached hydrogens (tertiary/aromatic N) is 4. The summed E-state index contributed by atoms with van der Waals surface area (Å²) in [5.41, 5.74) is 2.37. The molecule has 0 amide bonds. The zero-order chi connectivity index (χ0) is 13.8. The number of halogens is 1. The van der Waals surface area contributed by atoms with E-state index in [1.807, 2.05) is 0 Å². The standard InChI is InChI=1S/C11H13FN6S/c1-18(2)10-14-9(17-13)15-11(16-10)19-8-6-4-3-5-7(8)12/h3-6H,13H2,1-2H3,(H,14,15,16,17). The fourth-order valence-corrected chi connectivity index (χ4v) is 2.05. The number of nitrogens with one attached hydrogen (secondary N) is 1. The summed E-state index contributed by atoms with van der Waals surface area (Å²) in [5, 5.41) is 0.372. The Kier molecular flexibility index (Phi) is 4.13. The molecular formula is C11H13FN6S. The second-order valence-electron chi connectivity index (χ2n) is 3.81. The van der Waals surface area contributed by atoms with Crippen molar-refractivity contribution in [3.05, 3.63) is 30.1 Å². The van der Waals surface area contributed by atoms with Crippen LogP contribution in [0.25, 0.3) is 0 Å². The third kappa shape index (κ3) is 3.30. The number of nitrogen functional groups attached to an aromatic ring is 1. The van der Waals surface area contributed by atoms with Crippen LogP contribution < -0.4 is 16.2 Å². The predicted octanol–water partition coefficient (Wildman–Crippen LogP) is 1.51. The van der Waals surface area contributed by atoms with Crippen LogP contribution in [0.15, 0.2) is 34.3 Å². The van der Waals surface area contributed by atoms with Crippen LogP contribution in [-0.4, -0.2) is 29.0 Å². The Hall–Kier alpha value is -1.93. The number of nitrogens with two attached hydrogens (primary N) is 1. The molecule has 8 heteroatoms. The molecule has 0 bridgehead atoms. The molecule has 0 saturated heterocycles. The molecular weight excluding hydrogens is 267 g/mol. The first-order valence-electron chi connectivity index (χ1n) is 5.42. The largest absolute Gasteiger partial charge is 0.347 e. The van der Waals surface area contributed by atoms with Gasteiger partial charge in [0.25, 0.3) is 0 Å². The maximum absolute atomic E-state index is 13.6. The number of hydrazine groups is 1. The van der Waals surface area contributed by atoms with Gasteiger partial charge in [0.2, 0.25) is 11.9 Å². The lowest BCUT2D eigenvalue weighted by molar-refractivity contribution is 0.601. The van der Waals surface area contributed by atoms with E-state index in [0.29, 0.717) is 16.0 Å². The van der Waals surface area contributed by atoms with Gasteiger partial charge < -0.3 is 4.90 Å². The minimum absolute atomic E-state index is 0.234. The number of aromatic nitrogens is 3. The zero-order valence-corrected chi connectivity index (χ0v) is 11.3. The van der Waals surface area contributed by atoms with Gasteiger partial charge in [-0.2, -0.15) is 15.0 Å². The van der Waals surface area contributed by atoms with E-state index in [4.69, 9.17) is 5.84 Å². The number of hydrogen-bond donors (Lipinski definition) is 2. The quantitative estimate of drug-likeness (QED) is 0.649. The molecule has 0 atom stereocenters. The highest BCUT2D eigenvalue weighted by Crippen LogP contribution is 2.28. The molecule has 1 aromatic carbocycles. The molecule has 1 heterocycles. The lowest BCUT2D eigenvalue weighted by Gasteiger charge is -2.12. The summed E-state index contributed by atoms with van der Waals surface area (Å²) < 4.78 is 13.6. The topological polar surface area (TPSA) is 80.0 Å². The van der Waals surface area contributed by atoms with Crippen molar-refractivity contribution in [3.8, 4) is 0 Å². The van der Waals surface area contributed by atoms with Crippen molar-refractivity contribution in [2.45, 2.75) is 10.1 Å². The van der Waals surface area contributed by atoms with Crippen LogP contribution in [-0.2, 0) is 0 Å². The van der Waals surface area contributed by atoms with E-state index < -0.39 is 0 Å². The van der Waals surface area contributed by atoms with Crippen LogP contribution in [0, 0.1) is 5.82 Å². The lowest BCUT2D eigenvalue weighted by Crippen LogP contribution is -2.17. The highest BCUT2D eigenvalue weighted by molar-refractivity contribution is 7.99. The van der Waals surface area contributed by atoms with Crippen LogP contribution >= 0.6 is 11.8 Å². The molecule has 6 nitrogen and oxygen atoms in total. The molecule has 0 aliphatic rings. The summed E-state index contributed by atoms with van der Waals surface area (Å²) in [5.74, 6) is 5.67. The molecule has 0 radical (unpaired) electrons. The third-order valence-electron chi connectivity index (χ3n) is 2.17. The van der Waals surface area contributed by atoms with E-state index in [9.17, 15) is 4.39 Å². The fourth-order valence-electron chi connectivity index (χ4n) is 1.28. The minimum atomic E-state index is -0.318. The predicted molar refractivity (Wildman–Crippen MR) is 72.5 cm³/mol. The lowest BCUT2D eigenvalue weighted by atomic mass is 10.4. The second-order valence-corrected chi connectivity index (χ2v) is 4.82. The van der Waals surface area contributed by atoms with Crippen LogP contribution in [0.1, 0.15) is 0 Å². The van der Waals surface area contributed by atoms with Gasteiger partial charge in [-0.1, -0.05) is 12.1 Å². The van der Waals surface area contributed by atoms with Gasteiger partial charge in [0.15, 0.2) is 5.16 Å². The number of hydrogen-bond acceptors (Lipinski definition) is 7. The molecule has 19 heavy (non-hydrogen) atoms. The first-order valence-corrected chi connectivity index (χ1v) is 6.24. The summed E-state index contributed by atoms with van der Waals surface area (Å²) in [4.78, 5) is 14.5. The molecule has 0 unspecified atom stereocenters. The number of benzene rings is 1. The molecule has 0 saturated carbocycles. The van der Waals surface area contributed by atoms with Crippen molar-refractivity contribution in [1.29, 1.82) is 0 Å². The minimum Gasteiger partial charge on any atom is -0.347 e. The van der Waals surface area contributed by atoms with Gasteiger partial charge in [0, 0.05) is 14.1 Å². The summed E-state index contributed by atoms with van der Waals surface area (Å²) in [7, 11) is 3.60. The van der Waals surface area contributed by atoms with Crippen molar-refractivity contribution >= 4 is 23.7 Å². The molecule has 0 aliphatic carbocycles. The molecule has 0 aliphatic heterocycles. The first-order chi connectivity index (χ1) is 9.10. The second kappa shape index (κ2) is 5.81. The maximum Gasteiger partial charge on any atom is 0.242 e. The number of rotatable bonds is 4. The smallest absolute Gasteiger partial charge is 0.242 e. The van der Waals surface area contributed by atoms with E-state index in [-0.39, 0.29) is 11.8 Å². The summed E-state index contributed by atoms with van der Waals surface area (Å²) in [6.45, 7) is 0. The van der Waals surface area contributed by atoms with E-state index in [0.717, 1.165) is 11.8 Å². The van der Waals surface area contributed by atoms with Crippen molar-refractivity contribution in [3.63, 3.8) is 0 Å². The zero-order valence-electron chi connectivity index (χ0n) is 10.5. The number of anilines is 2. The van der Waals surface area contributed by atoms with Gasteiger partial charge >= 0.3 is 0 Å². The molecule has 0 fully saturated rings. The van der Waals surface area contributed by atoms with E-state index in [1.54, 1.807) is 37.2 Å². The molecule has 2 aromatic rings. The molecule has 3 N–H and O–H groups in total. The highest BCUT2D eigenvalue weighted by atomic mass is 32.2. The van der Waals surface area contributed by atoms with Crippen LogP contribution in [0.2, 0.25) is 0 Å². The van der Waals surface area contributed by atoms with E-state index >= 15 is 0 Å². The van der Waals surface area contributed by atoms with E-state index in [1.165, 1.54) is 6.07 Å². The molecule has 2 rings (SSSR count). The Bertz CT molecular complexity index is 577. The Balaban J connectivity index is 2.34. The monoisotopic (exact) mass is 280 g/mol. The summed E-state index contributed by atoms with van der Waals surface area (Å²) >= 11 is 1.12. The summed E-state index contributed by atoms with van der Waals surface area (Å²) in [6, 6.07) is 6.43. The molecule has 1 aromatic heterocycles. The Morgan fingerprint density at radius 1 is 1.21 bits per heavy atom. The van der Waals surface area contributed by atoms with Gasteiger partial charge in [-0.05, 0) is 23.9 Å². The van der Waals surface area contributed by atoms with Gasteiger partial charge in [-0.15, -0.1) is 0 Å². The normalized spacial score (nSPS) is 10.3. The van der Waals surface area contributed by atoms with E-state index in [2.05, 4.69) is 20.4 Å². The van der Waals surface area contributed by atoms with Gasteiger partial charge in [-0.25, -0.2) is 10.2 Å². The van der Waals surface area contributed by atoms with Gasteiger partial charge in [0.1, 0.15) is 5.82 Å². The van der Waals surface area contributed by atoms with Crippen molar-refractivity contribution in [2.75, 3.05) is 24.4 Å². The molecule has 100 valence electrons. The van der Waals surface area contributed by atoms with Crippen LogP contribution in [0.5, 0.6) is 0 Å². The van der Waals surface area contributed by atoms with Crippen LogP contribution in [0.3, 0.4) is 0 Å². The molecule has 0 spiro atoms. The van der Waals surface area contributed by atoms with Crippen molar-refractivity contribution in [1.82, 2.24) is 15.0 Å². The Morgan fingerprint density at radius 2 is 1.95 bits per heavy atom. The van der Waals surface area contributed by atoms with Crippen molar-refractivity contribution in [2.24, 2.45) is 5.84 Å².